The molecular weight excluding hydrogens is 302 g/mol. The van der Waals surface area contributed by atoms with Crippen molar-refractivity contribution in [3.8, 4) is 0 Å². The summed E-state index contributed by atoms with van der Waals surface area (Å²) in [5.74, 6) is 0. The molecule has 1 atom stereocenters. The first-order valence-corrected chi connectivity index (χ1v) is 9.35. The zero-order chi connectivity index (χ0) is 16.2. The highest BCUT2D eigenvalue weighted by Crippen LogP contribution is 2.36. The first-order chi connectivity index (χ1) is 11.8. The van der Waals surface area contributed by atoms with Crippen LogP contribution in [0.1, 0.15) is 25.0 Å². The van der Waals surface area contributed by atoms with E-state index in [9.17, 15) is 0 Å². The number of aromatic nitrogens is 1. The van der Waals surface area contributed by atoms with Gasteiger partial charge in [-0.15, -0.1) is 0 Å². The van der Waals surface area contributed by atoms with Gasteiger partial charge in [0.2, 0.25) is 0 Å². The van der Waals surface area contributed by atoms with Crippen molar-refractivity contribution in [2.24, 2.45) is 5.41 Å². The molecule has 1 unspecified atom stereocenters. The van der Waals surface area contributed by atoms with Crippen LogP contribution >= 0.6 is 0 Å². The molecule has 3 fully saturated rings. The van der Waals surface area contributed by atoms with Crippen LogP contribution in [-0.2, 0) is 16.0 Å². The minimum Gasteiger partial charge on any atom is -0.381 e. The van der Waals surface area contributed by atoms with E-state index in [-0.39, 0.29) is 0 Å². The normalized spacial score (nSPS) is 30.7. The standard InChI is InChI=1S/C19H29N3O2/c1-2-7-20-17(3-1)13-21-9-12-24-16-19(14-21)6-8-22(15-19)18-4-10-23-11-5-18/h1-3,7,18H,4-6,8-16H2. The molecule has 0 N–H and O–H groups in total. The van der Waals surface area contributed by atoms with Gasteiger partial charge in [0.1, 0.15) is 0 Å². The fourth-order valence-electron chi connectivity index (χ4n) is 4.52. The number of rotatable bonds is 3. The van der Waals surface area contributed by atoms with Crippen molar-refractivity contribution in [2.45, 2.75) is 31.8 Å². The average molecular weight is 331 g/mol. The molecule has 132 valence electrons. The molecule has 0 amide bonds. The molecule has 0 saturated carbocycles. The number of ether oxygens (including phenoxy) is 2. The van der Waals surface area contributed by atoms with Crippen molar-refractivity contribution in [1.82, 2.24) is 14.8 Å². The number of nitrogens with zero attached hydrogens (tertiary/aromatic N) is 3. The average Bonchev–Trinajstić information content (AvgIpc) is 2.94. The van der Waals surface area contributed by atoms with E-state index < -0.39 is 0 Å². The zero-order valence-corrected chi connectivity index (χ0v) is 14.5. The van der Waals surface area contributed by atoms with E-state index in [0.717, 1.165) is 51.8 Å². The maximum absolute atomic E-state index is 6.02. The fourth-order valence-corrected chi connectivity index (χ4v) is 4.52. The highest BCUT2D eigenvalue weighted by Gasteiger charge is 2.43. The molecule has 0 aliphatic carbocycles. The van der Waals surface area contributed by atoms with Crippen LogP contribution in [-0.4, -0.2) is 73.4 Å². The molecule has 5 heteroatoms. The summed E-state index contributed by atoms with van der Waals surface area (Å²) in [6.07, 6.45) is 5.52. The summed E-state index contributed by atoms with van der Waals surface area (Å²) in [5, 5.41) is 0. The Morgan fingerprint density at radius 3 is 2.83 bits per heavy atom. The van der Waals surface area contributed by atoms with E-state index >= 15 is 0 Å². The molecule has 1 spiro atoms. The molecular formula is C19H29N3O2. The van der Waals surface area contributed by atoms with E-state index in [1.165, 1.54) is 32.4 Å². The summed E-state index contributed by atoms with van der Waals surface area (Å²) < 4.78 is 11.6. The summed E-state index contributed by atoms with van der Waals surface area (Å²) in [6, 6.07) is 6.90. The van der Waals surface area contributed by atoms with E-state index in [2.05, 4.69) is 26.9 Å². The molecule has 24 heavy (non-hydrogen) atoms. The first-order valence-electron chi connectivity index (χ1n) is 9.35. The Morgan fingerprint density at radius 1 is 1.08 bits per heavy atom. The minimum absolute atomic E-state index is 0.295. The van der Waals surface area contributed by atoms with Crippen LogP contribution in [0.25, 0.3) is 0 Å². The predicted octanol–water partition coefficient (Wildman–Crippen LogP) is 1.78. The summed E-state index contributed by atoms with van der Waals surface area (Å²) in [6.45, 7) is 9.06. The Bertz CT molecular complexity index is 521. The minimum atomic E-state index is 0.295. The molecule has 0 radical (unpaired) electrons. The van der Waals surface area contributed by atoms with Gasteiger partial charge < -0.3 is 9.47 Å². The Balaban J connectivity index is 1.40. The number of likely N-dealkylation sites (tertiary alicyclic amines) is 1. The van der Waals surface area contributed by atoms with E-state index in [4.69, 9.17) is 9.47 Å². The zero-order valence-electron chi connectivity index (χ0n) is 14.5. The van der Waals surface area contributed by atoms with Crippen LogP contribution in [0.3, 0.4) is 0 Å². The number of pyridine rings is 1. The smallest absolute Gasteiger partial charge is 0.0593 e. The van der Waals surface area contributed by atoms with Crippen molar-refractivity contribution in [3.05, 3.63) is 30.1 Å². The van der Waals surface area contributed by atoms with Gasteiger partial charge in [-0.05, 0) is 37.9 Å². The van der Waals surface area contributed by atoms with Crippen molar-refractivity contribution in [2.75, 3.05) is 52.6 Å². The lowest BCUT2D eigenvalue weighted by atomic mass is 9.87. The molecule has 1 aromatic heterocycles. The van der Waals surface area contributed by atoms with Gasteiger partial charge >= 0.3 is 0 Å². The molecule has 3 aliphatic rings. The van der Waals surface area contributed by atoms with Gasteiger partial charge in [-0.1, -0.05) is 6.07 Å². The largest absolute Gasteiger partial charge is 0.381 e. The Kier molecular flexibility index (Phi) is 5.13. The molecule has 4 heterocycles. The first kappa shape index (κ1) is 16.5. The molecule has 3 saturated heterocycles. The lowest BCUT2D eigenvalue weighted by Crippen LogP contribution is -2.43. The van der Waals surface area contributed by atoms with E-state index in [1.807, 2.05) is 12.3 Å². The van der Waals surface area contributed by atoms with Gasteiger partial charge in [0.05, 0.1) is 18.9 Å². The molecule has 4 rings (SSSR count). The Hall–Kier alpha value is -1.01. The number of hydrogen-bond acceptors (Lipinski definition) is 5. The lowest BCUT2D eigenvalue weighted by molar-refractivity contribution is 0.0284. The fraction of sp³-hybridized carbons (Fsp3) is 0.737. The van der Waals surface area contributed by atoms with Crippen LogP contribution in [0.2, 0.25) is 0 Å². The third-order valence-corrected chi connectivity index (χ3v) is 5.81. The molecule has 3 aliphatic heterocycles. The van der Waals surface area contributed by atoms with E-state index in [1.54, 1.807) is 0 Å². The van der Waals surface area contributed by atoms with Crippen LogP contribution in [0, 0.1) is 5.41 Å². The number of hydrogen-bond donors (Lipinski definition) is 0. The summed E-state index contributed by atoms with van der Waals surface area (Å²) >= 11 is 0. The van der Waals surface area contributed by atoms with Gasteiger partial charge in [-0.25, -0.2) is 0 Å². The third kappa shape index (κ3) is 3.80. The topological polar surface area (TPSA) is 37.8 Å². The maximum atomic E-state index is 6.02. The molecule has 5 nitrogen and oxygen atoms in total. The van der Waals surface area contributed by atoms with Gasteiger partial charge in [-0.3, -0.25) is 14.8 Å². The van der Waals surface area contributed by atoms with Crippen molar-refractivity contribution in [1.29, 1.82) is 0 Å². The highest BCUT2D eigenvalue weighted by atomic mass is 16.5. The summed E-state index contributed by atoms with van der Waals surface area (Å²) in [5.41, 5.74) is 1.46. The second-order valence-corrected chi connectivity index (χ2v) is 7.65. The van der Waals surface area contributed by atoms with Gasteiger partial charge in [0.15, 0.2) is 0 Å². The van der Waals surface area contributed by atoms with Gasteiger partial charge in [-0.2, -0.15) is 0 Å². The van der Waals surface area contributed by atoms with Gasteiger partial charge in [0, 0.05) is 57.0 Å². The van der Waals surface area contributed by atoms with Crippen molar-refractivity contribution >= 4 is 0 Å². The maximum Gasteiger partial charge on any atom is 0.0593 e. The Morgan fingerprint density at radius 2 is 2.00 bits per heavy atom. The van der Waals surface area contributed by atoms with E-state index in [0.29, 0.717) is 11.5 Å². The SMILES string of the molecule is c1ccc(CN2CCOCC3(CCN(C4CCOCC4)C3)C2)nc1. The van der Waals surface area contributed by atoms with Crippen LogP contribution in [0.15, 0.2) is 24.4 Å². The quantitative estimate of drug-likeness (QED) is 0.844. The highest BCUT2D eigenvalue weighted by molar-refractivity contribution is 5.04. The van der Waals surface area contributed by atoms with Crippen LogP contribution in [0.5, 0.6) is 0 Å². The summed E-state index contributed by atoms with van der Waals surface area (Å²) in [4.78, 5) is 9.75. The lowest BCUT2D eigenvalue weighted by Gasteiger charge is -2.35. The molecule has 1 aromatic rings. The van der Waals surface area contributed by atoms with Gasteiger partial charge in [0.25, 0.3) is 0 Å². The second kappa shape index (κ2) is 7.48. The summed E-state index contributed by atoms with van der Waals surface area (Å²) in [7, 11) is 0. The second-order valence-electron chi connectivity index (χ2n) is 7.65. The monoisotopic (exact) mass is 331 g/mol. The molecule has 0 aromatic carbocycles. The van der Waals surface area contributed by atoms with Crippen molar-refractivity contribution in [3.63, 3.8) is 0 Å². The van der Waals surface area contributed by atoms with Crippen LogP contribution in [0.4, 0.5) is 0 Å². The van der Waals surface area contributed by atoms with Crippen LogP contribution < -0.4 is 0 Å². The Labute approximate surface area is 144 Å². The predicted molar refractivity (Wildman–Crippen MR) is 92.8 cm³/mol. The third-order valence-electron chi connectivity index (χ3n) is 5.81. The van der Waals surface area contributed by atoms with Crippen molar-refractivity contribution < 1.29 is 9.47 Å². The molecule has 0 bridgehead atoms.